The Morgan fingerprint density at radius 1 is 0.544 bits per heavy atom. The molecule has 0 spiro atoms. The van der Waals surface area contributed by atoms with E-state index >= 15 is 0 Å². The molecular weight excluding hydrogens is 1090 g/mol. The zero-order chi connectivity index (χ0) is 56.3. The number of halogens is 7. The van der Waals surface area contributed by atoms with Crippen LogP contribution in [0.4, 0.5) is 32.0 Å². The molecule has 19 heteroatoms. The fourth-order valence-corrected chi connectivity index (χ4v) is 13.3. The van der Waals surface area contributed by atoms with Gasteiger partial charge in [-0.15, -0.1) is 0 Å². The Morgan fingerprint density at radius 2 is 0.949 bits per heavy atom. The van der Waals surface area contributed by atoms with Gasteiger partial charge < -0.3 is 29.6 Å². The van der Waals surface area contributed by atoms with Gasteiger partial charge in [0.15, 0.2) is 11.4 Å². The number of benzene rings is 2. The lowest BCUT2D eigenvalue weighted by atomic mass is 9.91. The molecule has 79 heavy (non-hydrogen) atoms. The van der Waals surface area contributed by atoms with E-state index in [2.05, 4.69) is 30.6 Å². The number of hydrogen-bond donors (Lipinski definition) is 1. The molecule has 0 saturated carbocycles. The van der Waals surface area contributed by atoms with Gasteiger partial charge in [0, 0.05) is 97.9 Å². The molecule has 2 aromatic carbocycles. The molecular formula is C60H79BrF6N8O4. The minimum absolute atomic E-state index is 0.0183. The summed E-state index contributed by atoms with van der Waals surface area (Å²) in [7, 11) is 0. The number of piperidine rings is 4. The number of ketones is 2. The van der Waals surface area contributed by atoms with Crippen molar-refractivity contribution in [2.75, 3.05) is 57.3 Å². The Hall–Kier alpha value is -5.04. The molecule has 0 unspecified atom stereocenters. The molecule has 0 bridgehead atoms. The number of alkyl halides is 6. The van der Waals surface area contributed by atoms with Crippen molar-refractivity contribution in [3.8, 4) is 0 Å². The van der Waals surface area contributed by atoms with Gasteiger partial charge in [0.25, 0.3) is 11.8 Å². The van der Waals surface area contributed by atoms with Crippen LogP contribution in [0.2, 0.25) is 0 Å². The molecule has 4 fully saturated rings. The van der Waals surface area contributed by atoms with Crippen LogP contribution >= 0.6 is 15.9 Å². The van der Waals surface area contributed by atoms with Crippen molar-refractivity contribution in [2.45, 2.75) is 168 Å². The number of anilines is 1. The van der Waals surface area contributed by atoms with Crippen molar-refractivity contribution in [3.63, 3.8) is 0 Å². The quantitative estimate of drug-likeness (QED) is 0.131. The van der Waals surface area contributed by atoms with Gasteiger partial charge in [-0.2, -0.15) is 36.5 Å². The molecule has 2 amide bonds. The van der Waals surface area contributed by atoms with E-state index in [1.165, 1.54) is 60.8 Å². The predicted molar refractivity (Wildman–Crippen MR) is 296 cm³/mol. The Morgan fingerprint density at radius 3 is 1.38 bits per heavy atom. The second-order valence-corrected chi connectivity index (χ2v) is 23.7. The van der Waals surface area contributed by atoms with Gasteiger partial charge in [0.05, 0.1) is 11.1 Å². The Balaban J connectivity index is 0.000000179. The molecule has 4 saturated heterocycles. The van der Waals surface area contributed by atoms with E-state index < -0.39 is 23.5 Å². The van der Waals surface area contributed by atoms with Crippen LogP contribution in [0.25, 0.3) is 0 Å². The van der Waals surface area contributed by atoms with Gasteiger partial charge in [-0.25, -0.2) is 0 Å². The van der Waals surface area contributed by atoms with Crippen LogP contribution in [-0.4, -0.2) is 105 Å². The number of Topliss-reactive ketones (excluding diaryl/α,β-unsaturated/α-hetero) is 2. The second kappa shape index (κ2) is 27.6. The summed E-state index contributed by atoms with van der Waals surface area (Å²) in [6.45, 7) is 11.3. The fraction of sp³-hybridized carbons (Fsp3) is 0.633. The molecule has 4 aromatic rings. The third kappa shape index (κ3) is 16.1. The first-order valence-corrected chi connectivity index (χ1v) is 29.8. The highest BCUT2D eigenvalue weighted by molar-refractivity contribution is 9.10. The van der Waals surface area contributed by atoms with Gasteiger partial charge in [-0.3, -0.25) is 19.0 Å². The fourth-order valence-electron chi connectivity index (χ4n) is 12.8. The Bertz CT molecular complexity index is 2690. The Labute approximate surface area is 469 Å². The van der Waals surface area contributed by atoms with Crippen LogP contribution < -0.4 is 10.2 Å². The van der Waals surface area contributed by atoms with Gasteiger partial charge in [-0.1, -0.05) is 40.2 Å². The summed E-state index contributed by atoms with van der Waals surface area (Å²) in [5.41, 5.74) is 5.23. The number of likely N-dealkylation sites (tertiary alicyclic amines) is 2. The summed E-state index contributed by atoms with van der Waals surface area (Å²) in [4.78, 5) is 55.4. The van der Waals surface area contributed by atoms with E-state index in [-0.39, 0.29) is 33.5 Å². The predicted octanol–water partition coefficient (Wildman–Crippen LogP) is 12.4. The van der Waals surface area contributed by atoms with Crippen LogP contribution in [0, 0.1) is 23.7 Å². The van der Waals surface area contributed by atoms with E-state index in [9.17, 15) is 45.5 Å². The molecule has 2 aromatic heterocycles. The molecule has 10 rings (SSSR count). The van der Waals surface area contributed by atoms with Gasteiger partial charge in [0.2, 0.25) is 0 Å². The number of rotatable bonds is 13. The summed E-state index contributed by atoms with van der Waals surface area (Å²) in [6, 6.07) is 11.1. The lowest BCUT2D eigenvalue weighted by Crippen LogP contribution is -2.39. The second-order valence-electron chi connectivity index (χ2n) is 22.9. The highest BCUT2D eigenvalue weighted by Gasteiger charge is 2.37. The molecule has 0 radical (unpaired) electrons. The summed E-state index contributed by atoms with van der Waals surface area (Å²) in [5.74, 6) is 2.61. The largest absolute Gasteiger partial charge is 0.418 e. The molecule has 4 aliphatic heterocycles. The van der Waals surface area contributed by atoms with Gasteiger partial charge in [0.1, 0.15) is 11.6 Å². The summed E-state index contributed by atoms with van der Waals surface area (Å²) in [6.07, 6.45) is 10.9. The first-order valence-electron chi connectivity index (χ1n) is 29.0. The van der Waals surface area contributed by atoms with Crippen molar-refractivity contribution in [1.29, 1.82) is 0 Å². The van der Waals surface area contributed by atoms with E-state index in [0.29, 0.717) is 62.5 Å². The number of para-hydroxylation sites is 1. The SMILES string of the molecule is CC(=O)CC1CCN(C(=O)c2nn(CCC3CCN(c4ccccc4C(F)(F)F)CC3)c3c2CCCC3)CC1.CC(=O)CC1CCN(C(=O)c2nn(CCC3CCNCC3)c3c2CCCC3)CC1.FC(F)(F)c1ccccc1Br. The third-order valence-corrected chi connectivity index (χ3v) is 17.9. The Kier molecular flexibility index (Phi) is 21.0. The normalized spacial score (nSPS) is 18.9. The van der Waals surface area contributed by atoms with Gasteiger partial charge >= 0.3 is 12.4 Å². The zero-order valence-electron chi connectivity index (χ0n) is 46.1. The van der Waals surface area contributed by atoms with Crippen LogP contribution in [0.5, 0.6) is 0 Å². The van der Waals surface area contributed by atoms with Crippen molar-refractivity contribution >= 4 is 45.0 Å². The average Bonchev–Trinajstić information content (AvgIpc) is 4.22. The molecule has 0 atom stereocenters. The smallest absolute Gasteiger partial charge is 0.371 e. The highest BCUT2D eigenvalue weighted by atomic mass is 79.9. The number of hydrogen-bond acceptors (Lipinski definition) is 8. The minimum atomic E-state index is -4.35. The number of fused-ring (bicyclic) bond motifs is 2. The monoisotopic (exact) mass is 1170 g/mol. The topological polar surface area (TPSA) is 126 Å². The summed E-state index contributed by atoms with van der Waals surface area (Å²) < 4.78 is 80.8. The minimum Gasteiger partial charge on any atom is -0.371 e. The molecule has 1 N–H and O–H groups in total. The standard InChI is InChI=1S/C30H39F3N4O2.C23H36N4O2.C7H4BrF3/c1-21(38)20-23-12-17-36(18-13-23)29(39)28-24-6-2-4-8-26(24)37(34-28)19-14-22-10-15-35(16-11-22)27-9-5-3-7-25(27)30(31,32)33;1-17(28)16-19-8-13-26(14-9-19)23(29)22-20-4-2-3-5-21(20)27(25-22)15-10-18-6-11-24-12-7-18;8-6-4-2-1-3-5(6)7(9,10)11/h3,5,7,9,22-23H,2,4,6,8,10-20H2,1H3;18-19,24H,2-16H2,1H3;1-4H. The van der Waals surface area contributed by atoms with Crippen LogP contribution in [0.3, 0.4) is 0 Å². The number of aryl methyl sites for hydroxylation is 2. The van der Waals surface area contributed by atoms with Crippen LogP contribution in [-0.2, 0) is 60.7 Å². The van der Waals surface area contributed by atoms with Crippen molar-refractivity contribution in [2.24, 2.45) is 23.7 Å². The number of aromatic nitrogens is 4. The maximum Gasteiger partial charge on any atom is 0.418 e. The van der Waals surface area contributed by atoms with E-state index in [1.54, 1.807) is 32.0 Å². The first-order chi connectivity index (χ1) is 37.8. The maximum atomic E-state index is 13.5. The van der Waals surface area contributed by atoms with E-state index in [0.717, 1.165) is 158 Å². The first kappa shape index (κ1) is 60.1. The van der Waals surface area contributed by atoms with Crippen molar-refractivity contribution < 1.29 is 45.5 Å². The molecule has 12 nitrogen and oxygen atoms in total. The third-order valence-electron chi connectivity index (χ3n) is 17.2. The maximum absolute atomic E-state index is 13.5. The number of nitrogens with zero attached hydrogens (tertiary/aromatic N) is 7. The zero-order valence-corrected chi connectivity index (χ0v) is 47.6. The average molecular weight is 1170 g/mol. The van der Waals surface area contributed by atoms with Crippen molar-refractivity contribution in [3.05, 3.63) is 98.0 Å². The lowest BCUT2D eigenvalue weighted by Gasteiger charge is -2.35. The molecule has 2 aliphatic carbocycles. The van der Waals surface area contributed by atoms with Crippen molar-refractivity contribution in [1.82, 2.24) is 34.7 Å². The highest BCUT2D eigenvalue weighted by Crippen LogP contribution is 2.39. The molecule has 6 heterocycles. The van der Waals surface area contributed by atoms with E-state index in [1.807, 2.05) is 14.7 Å². The number of carbonyl (C=O) groups is 4. The number of carbonyl (C=O) groups excluding carboxylic acids is 4. The number of nitrogens with one attached hydrogen (secondary N) is 1. The van der Waals surface area contributed by atoms with Crippen LogP contribution in [0.1, 0.15) is 171 Å². The summed E-state index contributed by atoms with van der Waals surface area (Å²) >= 11 is 2.81. The van der Waals surface area contributed by atoms with E-state index in [4.69, 9.17) is 10.2 Å². The number of amides is 2. The lowest BCUT2D eigenvalue weighted by molar-refractivity contribution is -0.138. The summed E-state index contributed by atoms with van der Waals surface area (Å²) in [5, 5.41) is 13.2. The molecule has 6 aliphatic rings. The van der Waals surface area contributed by atoms with Gasteiger partial charge in [-0.05, 0) is 190 Å². The molecule has 432 valence electrons. The van der Waals surface area contributed by atoms with Crippen LogP contribution in [0.15, 0.2) is 53.0 Å².